The summed E-state index contributed by atoms with van der Waals surface area (Å²) in [5.74, 6) is -1.14. The van der Waals surface area contributed by atoms with E-state index in [2.05, 4.69) is 5.32 Å². The van der Waals surface area contributed by atoms with Crippen LogP contribution in [0.3, 0.4) is 0 Å². The van der Waals surface area contributed by atoms with E-state index < -0.39 is 17.5 Å². The normalized spacial score (nSPS) is 17.4. The minimum absolute atomic E-state index is 0.115. The predicted molar refractivity (Wildman–Crippen MR) is 91.0 cm³/mol. The zero-order valence-corrected chi connectivity index (χ0v) is 15.0. The summed E-state index contributed by atoms with van der Waals surface area (Å²) in [4.78, 5) is 39.4. The minimum atomic E-state index is -1.09. The van der Waals surface area contributed by atoms with Gasteiger partial charge in [-0.2, -0.15) is 0 Å². The topological polar surface area (TPSA) is 69.7 Å². The summed E-state index contributed by atoms with van der Waals surface area (Å²) in [6, 6.07) is 5.58. The van der Waals surface area contributed by atoms with Gasteiger partial charge in [-0.15, -0.1) is 0 Å². The Morgan fingerprint density at radius 1 is 1.32 bits per heavy atom. The number of hydrogen-bond donors (Lipinski definition) is 1. The molecule has 1 fully saturated rings. The smallest absolute Gasteiger partial charge is 0.325 e. The third kappa shape index (κ3) is 3.81. The van der Waals surface area contributed by atoms with Crippen molar-refractivity contribution in [2.75, 3.05) is 6.54 Å². The van der Waals surface area contributed by atoms with E-state index in [1.165, 1.54) is 11.0 Å². The second-order valence-electron chi connectivity index (χ2n) is 6.77. The Morgan fingerprint density at radius 3 is 2.48 bits per heavy atom. The number of rotatable bonds is 6. The quantitative estimate of drug-likeness (QED) is 0.801. The lowest BCUT2D eigenvalue weighted by Crippen LogP contribution is -2.51. The van der Waals surface area contributed by atoms with Gasteiger partial charge in [-0.1, -0.05) is 25.1 Å². The Balaban J connectivity index is 2.21. The molecule has 4 amide bonds. The van der Waals surface area contributed by atoms with Gasteiger partial charge < -0.3 is 9.80 Å². The molecule has 1 saturated heterocycles. The Kier molecular flexibility index (Phi) is 5.45. The maximum atomic E-state index is 14.0. The molecule has 0 saturated carbocycles. The Bertz CT molecular complexity index is 690. The van der Waals surface area contributed by atoms with Crippen LogP contribution >= 0.6 is 0 Å². The van der Waals surface area contributed by atoms with Crippen molar-refractivity contribution in [2.24, 2.45) is 0 Å². The number of carbonyl (C=O) groups is 3. The highest BCUT2D eigenvalue weighted by atomic mass is 19.1. The molecule has 1 aliphatic heterocycles. The van der Waals surface area contributed by atoms with E-state index in [0.717, 1.165) is 0 Å². The van der Waals surface area contributed by atoms with Crippen molar-refractivity contribution in [2.45, 2.75) is 52.2 Å². The van der Waals surface area contributed by atoms with Gasteiger partial charge >= 0.3 is 6.03 Å². The molecule has 1 N–H and O–H groups in total. The molecular weight excluding hydrogens is 325 g/mol. The van der Waals surface area contributed by atoms with Gasteiger partial charge in [0.15, 0.2) is 0 Å². The number of imide groups is 1. The van der Waals surface area contributed by atoms with Crippen molar-refractivity contribution in [3.63, 3.8) is 0 Å². The van der Waals surface area contributed by atoms with Gasteiger partial charge in [0.2, 0.25) is 5.91 Å². The van der Waals surface area contributed by atoms with Gasteiger partial charge in [0.05, 0.1) is 0 Å². The highest BCUT2D eigenvalue weighted by Crippen LogP contribution is 2.22. The summed E-state index contributed by atoms with van der Waals surface area (Å²) in [6.45, 7) is 6.87. The van der Waals surface area contributed by atoms with Gasteiger partial charge in [-0.3, -0.25) is 14.9 Å². The summed E-state index contributed by atoms with van der Waals surface area (Å²) < 4.78 is 14.0. The number of hydrogen-bond acceptors (Lipinski definition) is 3. The summed E-state index contributed by atoms with van der Waals surface area (Å²) in [5.41, 5.74) is -0.677. The van der Waals surface area contributed by atoms with E-state index in [1.807, 2.05) is 13.8 Å². The van der Waals surface area contributed by atoms with Crippen LogP contribution in [0.5, 0.6) is 0 Å². The zero-order chi connectivity index (χ0) is 18.8. The second-order valence-corrected chi connectivity index (χ2v) is 6.77. The molecule has 1 atom stereocenters. The van der Waals surface area contributed by atoms with Gasteiger partial charge in [-0.05, 0) is 33.3 Å². The Labute approximate surface area is 147 Å². The molecule has 1 aromatic carbocycles. The first-order valence-corrected chi connectivity index (χ1v) is 8.34. The van der Waals surface area contributed by atoms with Crippen molar-refractivity contribution >= 4 is 17.8 Å². The van der Waals surface area contributed by atoms with Gasteiger partial charge in [0.1, 0.15) is 17.9 Å². The SMILES string of the molecule is CC[C@H](C)N(Cc1ccccc1F)C(=O)CN1C(=O)NC(=O)C1(C)C. The average molecular weight is 349 g/mol. The molecule has 2 rings (SSSR count). The van der Waals surface area contributed by atoms with Gasteiger partial charge in [0, 0.05) is 18.2 Å². The zero-order valence-electron chi connectivity index (χ0n) is 15.0. The van der Waals surface area contributed by atoms with E-state index in [0.29, 0.717) is 12.0 Å². The van der Waals surface area contributed by atoms with Crippen molar-refractivity contribution in [1.29, 1.82) is 0 Å². The maximum absolute atomic E-state index is 14.0. The standard InChI is InChI=1S/C18H24FN3O3/c1-5-12(2)21(10-13-8-6-7-9-14(13)19)15(23)11-22-17(25)20-16(24)18(22,3)4/h6-9,12H,5,10-11H2,1-4H3,(H,20,24,25)/t12-/m0/s1. The van der Waals surface area contributed by atoms with Crippen LogP contribution in [-0.2, 0) is 16.1 Å². The molecular formula is C18H24FN3O3. The fourth-order valence-electron chi connectivity index (χ4n) is 2.71. The largest absolute Gasteiger partial charge is 0.334 e. The molecule has 0 aromatic heterocycles. The average Bonchev–Trinajstić information content (AvgIpc) is 2.75. The lowest BCUT2D eigenvalue weighted by atomic mass is 10.0. The van der Waals surface area contributed by atoms with Crippen LogP contribution in [0, 0.1) is 5.82 Å². The third-order valence-corrected chi connectivity index (χ3v) is 4.73. The number of carbonyl (C=O) groups excluding carboxylic acids is 3. The summed E-state index contributed by atoms with van der Waals surface area (Å²) in [7, 11) is 0. The van der Waals surface area contributed by atoms with Crippen molar-refractivity contribution in [3.8, 4) is 0 Å². The lowest BCUT2D eigenvalue weighted by Gasteiger charge is -2.33. The second kappa shape index (κ2) is 7.21. The Hall–Kier alpha value is -2.44. The fraction of sp³-hybridized carbons (Fsp3) is 0.500. The first-order chi connectivity index (χ1) is 11.7. The first-order valence-electron chi connectivity index (χ1n) is 8.34. The molecule has 1 heterocycles. The lowest BCUT2D eigenvalue weighted by molar-refractivity contribution is -0.136. The molecule has 25 heavy (non-hydrogen) atoms. The van der Waals surface area contributed by atoms with Crippen LogP contribution in [0.2, 0.25) is 0 Å². The van der Waals surface area contributed by atoms with E-state index in [1.54, 1.807) is 36.9 Å². The number of nitrogens with zero attached hydrogens (tertiary/aromatic N) is 2. The maximum Gasteiger partial charge on any atom is 0.325 e. The molecule has 0 unspecified atom stereocenters. The first kappa shape index (κ1) is 18.9. The summed E-state index contributed by atoms with van der Waals surface area (Å²) in [6.07, 6.45) is 0.689. The molecule has 0 bridgehead atoms. The van der Waals surface area contributed by atoms with Crippen LogP contribution in [0.25, 0.3) is 0 Å². The van der Waals surface area contributed by atoms with Crippen molar-refractivity contribution < 1.29 is 18.8 Å². The number of urea groups is 1. The fourth-order valence-corrected chi connectivity index (χ4v) is 2.71. The third-order valence-electron chi connectivity index (χ3n) is 4.73. The highest BCUT2D eigenvalue weighted by Gasteiger charge is 2.46. The molecule has 6 nitrogen and oxygen atoms in total. The van der Waals surface area contributed by atoms with Crippen molar-refractivity contribution in [3.05, 3.63) is 35.6 Å². The van der Waals surface area contributed by atoms with Gasteiger partial charge in [-0.25, -0.2) is 9.18 Å². The van der Waals surface area contributed by atoms with Crippen LogP contribution in [-0.4, -0.2) is 45.8 Å². The molecule has 1 aromatic rings. The molecule has 0 radical (unpaired) electrons. The van der Waals surface area contributed by atoms with Crippen LogP contribution in [0.15, 0.2) is 24.3 Å². The molecule has 1 aliphatic rings. The predicted octanol–water partition coefficient (Wildman–Crippen LogP) is 2.28. The summed E-state index contributed by atoms with van der Waals surface area (Å²) in [5, 5.41) is 2.22. The van der Waals surface area contributed by atoms with E-state index in [-0.39, 0.29) is 30.9 Å². The molecule has 0 aliphatic carbocycles. The molecule has 0 spiro atoms. The molecule has 7 heteroatoms. The highest BCUT2D eigenvalue weighted by molar-refractivity contribution is 6.07. The van der Waals surface area contributed by atoms with Crippen molar-refractivity contribution in [1.82, 2.24) is 15.1 Å². The summed E-state index contributed by atoms with van der Waals surface area (Å²) >= 11 is 0. The number of amides is 4. The van der Waals surface area contributed by atoms with Crippen LogP contribution in [0.1, 0.15) is 39.7 Å². The van der Waals surface area contributed by atoms with E-state index in [4.69, 9.17) is 0 Å². The van der Waals surface area contributed by atoms with Gasteiger partial charge in [0.25, 0.3) is 5.91 Å². The molecule has 136 valence electrons. The van der Waals surface area contributed by atoms with Crippen LogP contribution < -0.4 is 5.32 Å². The number of benzene rings is 1. The Morgan fingerprint density at radius 2 is 1.96 bits per heavy atom. The minimum Gasteiger partial charge on any atom is -0.334 e. The van der Waals surface area contributed by atoms with Crippen LogP contribution in [0.4, 0.5) is 9.18 Å². The number of halogens is 1. The van der Waals surface area contributed by atoms with E-state index >= 15 is 0 Å². The van der Waals surface area contributed by atoms with E-state index in [9.17, 15) is 18.8 Å². The monoisotopic (exact) mass is 349 g/mol. The number of nitrogens with one attached hydrogen (secondary N) is 1.